The summed E-state index contributed by atoms with van der Waals surface area (Å²) in [6, 6.07) is 12.4. The lowest BCUT2D eigenvalue weighted by Crippen LogP contribution is -2.40. The Bertz CT molecular complexity index is 969. The van der Waals surface area contributed by atoms with E-state index in [1.165, 1.54) is 40.9 Å². The Labute approximate surface area is 153 Å². The number of halogens is 1. The molecule has 5 nitrogen and oxygen atoms in total. The first-order valence-corrected chi connectivity index (χ1v) is 9.04. The van der Waals surface area contributed by atoms with E-state index < -0.39 is 6.04 Å². The smallest absolute Gasteiger partial charge is 0.258 e. The van der Waals surface area contributed by atoms with Crippen LogP contribution in [-0.4, -0.2) is 39.4 Å². The topological polar surface area (TPSA) is 62.1 Å². The highest BCUT2D eigenvalue weighted by Crippen LogP contribution is 2.33. The number of para-hydroxylation sites is 1. The molecule has 0 aromatic heterocycles. The van der Waals surface area contributed by atoms with Crippen molar-refractivity contribution in [2.45, 2.75) is 13.0 Å². The number of aliphatic imine (C=N–C) groups is 2. The molecule has 0 N–H and O–H groups in total. The lowest BCUT2D eigenvalue weighted by atomic mass is 10.1. The Morgan fingerprint density at radius 2 is 1.92 bits per heavy atom. The van der Waals surface area contributed by atoms with Gasteiger partial charge in [-0.3, -0.25) is 14.6 Å². The second kappa shape index (κ2) is 6.49. The van der Waals surface area contributed by atoms with Crippen LogP contribution in [0.5, 0.6) is 0 Å². The number of hydrogen-bond donors (Lipinski definition) is 0. The highest BCUT2D eigenvalue weighted by Gasteiger charge is 2.39. The summed E-state index contributed by atoms with van der Waals surface area (Å²) in [6.45, 7) is 1.74. The number of thioether (sulfide) groups is 1. The highest BCUT2D eigenvalue weighted by atomic mass is 32.2. The normalized spacial score (nSPS) is 18.2. The first-order chi connectivity index (χ1) is 12.5. The number of Topliss-reactive ketones (excluding diaryl/α,β-unsaturated/α-hetero) is 1. The first kappa shape index (κ1) is 16.7. The summed E-state index contributed by atoms with van der Waals surface area (Å²) in [7, 11) is 0. The summed E-state index contributed by atoms with van der Waals surface area (Å²) < 4.78 is 13.0. The molecule has 0 aliphatic carbocycles. The average molecular weight is 367 g/mol. The van der Waals surface area contributed by atoms with Crippen LogP contribution in [0.1, 0.15) is 22.8 Å². The van der Waals surface area contributed by atoms with Crippen molar-refractivity contribution in [2.24, 2.45) is 9.98 Å². The molecule has 0 bridgehead atoms. The van der Waals surface area contributed by atoms with Crippen molar-refractivity contribution in [3.05, 3.63) is 65.5 Å². The second-order valence-electron chi connectivity index (χ2n) is 5.93. The molecule has 7 heteroatoms. The fourth-order valence-corrected chi connectivity index (χ4v) is 3.72. The van der Waals surface area contributed by atoms with Gasteiger partial charge in [0.1, 0.15) is 17.7 Å². The van der Waals surface area contributed by atoms with E-state index in [9.17, 15) is 14.0 Å². The lowest BCUT2D eigenvalue weighted by molar-refractivity contribution is -0.124. The zero-order chi connectivity index (χ0) is 18.3. The van der Waals surface area contributed by atoms with Crippen molar-refractivity contribution in [2.75, 3.05) is 5.75 Å². The summed E-state index contributed by atoms with van der Waals surface area (Å²) in [5.74, 6) is -0.0348. The minimum absolute atomic E-state index is 0.0953. The van der Waals surface area contributed by atoms with Gasteiger partial charge in [-0.15, -0.1) is 0 Å². The quantitative estimate of drug-likeness (QED) is 0.781. The van der Waals surface area contributed by atoms with Crippen molar-refractivity contribution in [1.29, 1.82) is 0 Å². The van der Waals surface area contributed by atoms with Crippen molar-refractivity contribution < 1.29 is 14.0 Å². The van der Waals surface area contributed by atoms with E-state index in [1.807, 2.05) is 24.3 Å². The third-order valence-corrected chi connectivity index (χ3v) is 5.09. The molecule has 1 amide bonds. The van der Waals surface area contributed by atoms with E-state index in [1.54, 1.807) is 6.92 Å². The van der Waals surface area contributed by atoms with Crippen LogP contribution in [0, 0.1) is 5.82 Å². The van der Waals surface area contributed by atoms with Gasteiger partial charge in [0, 0.05) is 11.1 Å². The van der Waals surface area contributed by atoms with E-state index in [-0.39, 0.29) is 23.3 Å². The van der Waals surface area contributed by atoms with Crippen LogP contribution in [0.3, 0.4) is 0 Å². The number of amidine groups is 2. The Morgan fingerprint density at radius 1 is 1.19 bits per heavy atom. The van der Waals surface area contributed by atoms with Gasteiger partial charge in [0.25, 0.3) is 5.91 Å². The molecule has 0 radical (unpaired) electrons. The molecule has 130 valence electrons. The number of carbonyl (C=O) groups excluding carboxylic acids is 2. The fraction of sp³-hybridized carbons (Fsp3) is 0.158. The first-order valence-electron chi connectivity index (χ1n) is 8.06. The Kier molecular flexibility index (Phi) is 4.16. The van der Waals surface area contributed by atoms with Crippen LogP contribution in [-0.2, 0) is 4.79 Å². The van der Waals surface area contributed by atoms with E-state index in [0.717, 1.165) is 11.3 Å². The van der Waals surface area contributed by atoms with E-state index in [4.69, 9.17) is 0 Å². The van der Waals surface area contributed by atoms with Crippen LogP contribution >= 0.6 is 11.8 Å². The molecule has 2 aromatic rings. The Balaban J connectivity index is 1.60. The molecule has 1 atom stereocenters. The van der Waals surface area contributed by atoms with Crippen LogP contribution < -0.4 is 0 Å². The lowest BCUT2D eigenvalue weighted by Gasteiger charge is -2.25. The van der Waals surface area contributed by atoms with Crippen LogP contribution in [0.2, 0.25) is 0 Å². The predicted molar refractivity (Wildman–Crippen MR) is 99.6 cm³/mol. The maximum Gasteiger partial charge on any atom is 0.258 e. The Morgan fingerprint density at radius 3 is 2.69 bits per heavy atom. The zero-order valence-electron chi connectivity index (χ0n) is 13.8. The molecule has 4 rings (SSSR count). The molecule has 2 aliphatic rings. The number of benzene rings is 2. The molecular formula is C19H14FN3O2S. The number of fused-ring (bicyclic) bond motifs is 3. The van der Waals surface area contributed by atoms with Gasteiger partial charge in [-0.2, -0.15) is 0 Å². The molecule has 0 spiro atoms. The van der Waals surface area contributed by atoms with E-state index in [0.29, 0.717) is 16.6 Å². The van der Waals surface area contributed by atoms with Gasteiger partial charge < -0.3 is 0 Å². The number of hydrogen-bond acceptors (Lipinski definition) is 5. The van der Waals surface area contributed by atoms with Crippen molar-refractivity contribution in [1.82, 2.24) is 4.90 Å². The predicted octanol–water partition coefficient (Wildman–Crippen LogP) is 3.42. The van der Waals surface area contributed by atoms with Gasteiger partial charge >= 0.3 is 0 Å². The summed E-state index contributed by atoms with van der Waals surface area (Å²) in [4.78, 5) is 35.3. The SMILES string of the molecule is C[C@@H]1N=C2c3ccccc3N=C(SCC(=O)c3ccc(F)cc3)N2C1=O. The van der Waals surface area contributed by atoms with Gasteiger partial charge in [-0.25, -0.2) is 14.3 Å². The van der Waals surface area contributed by atoms with Crippen molar-refractivity contribution in [3.8, 4) is 0 Å². The molecule has 26 heavy (non-hydrogen) atoms. The molecule has 2 heterocycles. The largest absolute Gasteiger partial charge is 0.293 e. The minimum Gasteiger partial charge on any atom is -0.293 e. The van der Waals surface area contributed by atoms with Gasteiger partial charge in [-0.1, -0.05) is 23.9 Å². The summed E-state index contributed by atoms with van der Waals surface area (Å²) in [5, 5.41) is 0.437. The third kappa shape index (κ3) is 2.84. The number of carbonyl (C=O) groups is 2. The summed E-state index contributed by atoms with van der Waals surface area (Å²) in [5.41, 5.74) is 1.95. The van der Waals surface area contributed by atoms with Crippen LogP contribution in [0.25, 0.3) is 0 Å². The minimum atomic E-state index is -0.477. The average Bonchev–Trinajstić information content (AvgIpc) is 2.95. The van der Waals surface area contributed by atoms with Gasteiger partial charge in [0.15, 0.2) is 11.0 Å². The van der Waals surface area contributed by atoms with Crippen LogP contribution in [0.4, 0.5) is 10.1 Å². The van der Waals surface area contributed by atoms with Crippen LogP contribution in [0.15, 0.2) is 58.5 Å². The molecule has 0 saturated carbocycles. The summed E-state index contributed by atoms with van der Waals surface area (Å²) in [6.07, 6.45) is 0. The second-order valence-corrected chi connectivity index (χ2v) is 6.88. The van der Waals surface area contributed by atoms with E-state index >= 15 is 0 Å². The standard InChI is InChI=1S/C19H14FN3O2S/c1-11-18(25)23-17(21-11)14-4-2-3-5-15(14)22-19(23)26-10-16(24)12-6-8-13(20)9-7-12/h2-9,11H,10H2,1H3/t11-/m0/s1. The van der Waals surface area contributed by atoms with E-state index in [2.05, 4.69) is 9.98 Å². The van der Waals surface area contributed by atoms with Crippen molar-refractivity contribution >= 4 is 40.1 Å². The zero-order valence-corrected chi connectivity index (χ0v) is 14.7. The van der Waals surface area contributed by atoms with Crippen molar-refractivity contribution in [3.63, 3.8) is 0 Å². The molecular weight excluding hydrogens is 353 g/mol. The molecule has 0 saturated heterocycles. The molecule has 2 aliphatic heterocycles. The molecule has 0 fully saturated rings. The van der Waals surface area contributed by atoms with Gasteiger partial charge in [0.2, 0.25) is 0 Å². The maximum absolute atomic E-state index is 13.0. The summed E-state index contributed by atoms with van der Waals surface area (Å²) >= 11 is 1.18. The number of ketones is 1. The molecule has 2 aromatic carbocycles. The number of amides is 1. The van der Waals surface area contributed by atoms with Gasteiger partial charge in [-0.05, 0) is 43.3 Å². The Hall–Kier alpha value is -2.80. The third-order valence-electron chi connectivity index (χ3n) is 4.16. The van der Waals surface area contributed by atoms with Gasteiger partial charge in [0.05, 0.1) is 11.4 Å². The monoisotopic (exact) mass is 367 g/mol. The number of nitrogens with zero attached hydrogens (tertiary/aromatic N) is 3. The fourth-order valence-electron chi connectivity index (χ4n) is 2.82. The molecule has 0 unspecified atom stereocenters. The highest BCUT2D eigenvalue weighted by molar-refractivity contribution is 8.14. The maximum atomic E-state index is 13.0. The number of rotatable bonds is 3.